The molecule has 0 bridgehead atoms. The molecule has 2 rings (SSSR count). The molecule has 2 aromatic rings. The van der Waals surface area contributed by atoms with Crippen LogP contribution in [0.2, 0.25) is 0 Å². The Morgan fingerprint density at radius 1 is 0.808 bits per heavy atom. The smallest absolute Gasteiger partial charge is 0.282 e. The van der Waals surface area contributed by atoms with Crippen LogP contribution in [0.25, 0.3) is 10.8 Å². The van der Waals surface area contributed by atoms with Crippen LogP contribution in [-0.4, -0.2) is 13.0 Å². The summed E-state index contributed by atoms with van der Waals surface area (Å²) < 4.78 is 32.2. The molecule has 3 nitrogen and oxygen atoms in total. The molecule has 2 aromatic carbocycles. The molecule has 26 heavy (non-hydrogen) atoms. The maximum absolute atomic E-state index is 11.5. The molecule has 4 heteroatoms. The van der Waals surface area contributed by atoms with Crippen molar-refractivity contribution in [3.8, 4) is 0 Å². The average molecular weight is 377 g/mol. The van der Waals surface area contributed by atoms with Gasteiger partial charge in [0.15, 0.2) is 0 Å². The third-order valence-electron chi connectivity index (χ3n) is 5.00. The van der Waals surface area contributed by atoms with E-state index in [1.807, 2.05) is 24.3 Å². The minimum absolute atomic E-state index is 0.0134. The maximum Gasteiger partial charge on any atom is 0.295 e. The molecule has 0 amide bonds. The van der Waals surface area contributed by atoms with Crippen molar-refractivity contribution in [2.45, 2.75) is 82.4 Å². The Kier molecular flexibility index (Phi) is 8.60. The van der Waals surface area contributed by atoms with E-state index in [-0.39, 0.29) is 4.90 Å². The van der Waals surface area contributed by atoms with Crippen molar-refractivity contribution in [1.29, 1.82) is 0 Å². The van der Waals surface area contributed by atoms with Gasteiger partial charge in [-0.15, -0.1) is 0 Å². The van der Waals surface area contributed by atoms with Crippen LogP contribution in [0.3, 0.4) is 0 Å². The van der Waals surface area contributed by atoms with E-state index >= 15 is 0 Å². The van der Waals surface area contributed by atoms with E-state index in [1.165, 1.54) is 75.8 Å². The van der Waals surface area contributed by atoms with Gasteiger partial charge in [-0.1, -0.05) is 95.0 Å². The summed E-state index contributed by atoms with van der Waals surface area (Å²) in [7, 11) is -4.18. The van der Waals surface area contributed by atoms with Crippen molar-refractivity contribution >= 4 is 20.9 Å². The van der Waals surface area contributed by atoms with Gasteiger partial charge in [0.2, 0.25) is 0 Å². The summed E-state index contributed by atoms with van der Waals surface area (Å²) in [4.78, 5) is -0.0134. The Morgan fingerprint density at radius 3 is 2.04 bits per heavy atom. The minimum Gasteiger partial charge on any atom is -0.282 e. The number of aryl methyl sites for hydroxylation is 1. The van der Waals surface area contributed by atoms with Crippen LogP contribution >= 0.6 is 0 Å². The van der Waals surface area contributed by atoms with Gasteiger partial charge in [-0.3, -0.25) is 4.55 Å². The van der Waals surface area contributed by atoms with E-state index in [0.29, 0.717) is 5.39 Å². The lowest BCUT2D eigenvalue weighted by Gasteiger charge is -2.07. The Hall–Kier alpha value is -1.39. The van der Waals surface area contributed by atoms with Gasteiger partial charge in [0, 0.05) is 5.39 Å². The molecule has 0 unspecified atom stereocenters. The molecule has 0 aromatic heterocycles. The van der Waals surface area contributed by atoms with E-state index < -0.39 is 10.1 Å². The first kappa shape index (κ1) is 20.9. The zero-order valence-electron chi connectivity index (χ0n) is 15.9. The third kappa shape index (κ3) is 6.73. The molecular weight excluding hydrogens is 344 g/mol. The van der Waals surface area contributed by atoms with Crippen LogP contribution < -0.4 is 0 Å². The van der Waals surface area contributed by atoms with E-state index in [0.717, 1.165) is 11.8 Å². The highest BCUT2D eigenvalue weighted by atomic mass is 32.2. The van der Waals surface area contributed by atoms with Gasteiger partial charge in [-0.05, 0) is 29.9 Å². The molecule has 0 aliphatic rings. The molecule has 0 atom stereocenters. The Morgan fingerprint density at radius 2 is 1.42 bits per heavy atom. The lowest BCUT2D eigenvalue weighted by Crippen LogP contribution is -1.99. The number of fused-ring (bicyclic) bond motifs is 1. The standard InChI is InChI=1S/C22H32O3S/c1-2-3-4-5-6-7-8-9-10-11-13-19-16-17-21-20(18-19)14-12-15-22(21)26(23,24)25/h12,14-18H,2-11,13H2,1H3,(H,23,24,25). The summed E-state index contributed by atoms with van der Waals surface area (Å²) in [5.41, 5.74) is 1.23. The molecule has 0 spiro atoms. The summed E-state index contributed by atoms with van der Waals surface area (Å²) in [5.74, 6) is 0. The first-order chi connectivity index (χ1) is 12.5. The monoisotopic (exact) mass is 376 g/mol. The molecule has 1 N–H and O–H groups in total. The van der Waals surface area contributed by atoms with Crippen molar-refractivity contribution in [2.24, 2.45) is 0 Å². The molecule has 144 valence electrons. The van der Waals surface area contributed by atoms with E-state index in [9.17, 15) is 13.0 Å². The predicted molar refractivity (Wildman–Crippen MR) is 109 cm³/mol. The fraction of sp³-hybridized carbons (Fsp3) is 0.545. The first-order valence-corrected chi connectivity index (χ1v) is 11.5. The average Bonchev–Trinajstić information content (AvgIpc) is 2.61. The van der Waals surface area contributed by atoms with Crippen LogP contribution in [0.15, 0.2) is 41.3 Å². The quantitative estimate of drug-likeness (QED) is 0.337. The van der Waals surface area contributed by atoms with Crippen molar-refractivity contribution in [2.75, 3.05) is 0 Å². The van der Waals surface area contributed by atoms with Crippen LogP contribution in [0.5, 0.6) is 0 Å². The van der Waals surface area contributed by atoms with Gasteiger partial charge in [-0.2, -0.15) is 8.42 Å². The highest BCUT2D eigenvalue weighted by molar-refractivity contribution is 7.86. The molecular formula is C22H32O3S. The second-order valence-electron chi connectivity index (χ2n) is 7.22. The lowest BCUT2D eigenvalue weighted by molar-refractivity contribution is 0.484. The number of benzene rings is 2. The largest absolute Gasteiger partial charge is 0.295 e. The fourth-order valence-electron chi connectivity index (χ4n) is 3.50. The van der Waals surface area contributed by atoms with Crippen LogP contribution in [0, 0.1) is 0 Å². The molecule has 0 saturated heterocycles. The molecule has 0 saturated carbocycles. The first-order valence-electron chi connectivity index (χ1n) is 10.0. The Balaban J connectivity index is 1.75. The SMILES string of the molecule is CCCCCCCCCCCCc1ccc2c(S(=O)(=O)O)cccc2c1. The molecule has 0 fully saturated rings. The Bertz CT molecular complexity index is 781. The highest BCUT2D eigenvalue weighted by Gasteiger charge is 2.13. The minimum atomic E-state index is -4.18. The van der Waals surface area contributed by atoms with Crippen molar-refractivity contribution in [1.82, 2.24) is 0 Å². The zero-order valence-corrected chi connectivity index (χ0v) is 16.7. The van der Waals surface area contributed by atoms with Crippen molar-refractivity contribution in [3.05, 3.63) is 42.0 Å². The molecule has 0 aliphatic heterocycles. The third-order valence-corrected chi connectivity index (χ3v) is 5.91. The van der Waals surface area contributed by atoms with Crippen molar-refractivity contribution < 1.29 is 13.0 Å². The number of hydrogen-bond acceptors (Lipinski definition) is 2. The summed E-state index contributed by atoms with van der Waals surface area (Å²) in [6.07, 6.45) is 14.3. The normalized spacial score (nSPS) is 11.9. The fourth-order valence-corrected chi connectivity index (χ4v) is 4.21. The highest BCUT2D eigenvalue weighted by Crippen LogP contribution is 2.24. The van der Waals surface area contributed by atoms with E-state index in [2.05, 4.69) is 6.92 Å². The Labute approximate surface area is 158 Å². The molecule has 0 radical (unpaired) electrons. The molecule has 0 heterocycles. The predicted octanol–water partition coefficient (Wildman–Crippen LogP) is 6.55. The van der Waals surface area contributed by atoms with Gasteiger partial charge in [0.1, 0.15) is 4.90 Å². The summed E-state index contributed by atoms with van der Waals surface area (Å²) in [6, 6.07) is 10.8. The molecule has 0 aliphatic carbocycles. The lowest BCUT2D eigenvalue weighted by atomic mass is 10.0. The van der Waals surface area contributed by atoms with Crippen molar-refractivity contribution in [3.63, 3.8) is 0 Å². The number of rotatable bonds is 12. The summed E-state index contributed by atoms with van der Waals surface area (Å²) >= 11 is 0. The van der Waals surface area contributed by atoms with Gasteiger partial charge in [-0.25, -0.2) is 0 Å². The summed E-state index contributed by atoms with van der Waals surface area (Å²) in [6.45, 7) is 2.25. The van der Waals surface area contributed by atoms with Crippen LogP contribution in [-0.2, 0) is 16.5 Å². The van der Waals surface area contributed by atoms with Gasteiger partial charge in [0.25, 0.3) is 10.1 Å². The number of unbranched alkanes of at least 4 members (excludes halogenated alkanes) is 9. The van der Waals surface area contributed by atoms with Gasteiger partial charge < -0.3 is 0 Å². The number of hydrogen-bond donors (Lipinski definition) is 1. The van der Waals surface area contributed by atoms with Crippen LogP contribution in [0.4, 0.5) is 0 Å². The summed E-state index contributed by atoms with van der Waals surface area (Å²) in [5, 5.41) is 1.45. The second-order valence-corrected chi connectivity index (χ2v) is 8.61. The topological polar surface area (TPSA) is 54.4 Å². The van der Waals surface area contributed by atoms with E-state index in [1.54, 1.807) is 6.07 Å². The zero-order chi connectivity index (χ0) is 18.8. The van der Waals surface area contributed by atoms with Gasteiger partial charge >= 0.3 is 0 Å². The van der Waals surface area contributed by atoms with E-state index in [4.69, 9.17) is 0 Å². The maximum atomic E-state index is 11.5. The van der Waals surface area contributed by atoms with Crippen LogP contribution in [0.1, 0.15) is 76.7 Å². The second kappa shape index (κ2) is 10.7. The van der Waals surface area contributed by atoms with Gasteiger partial charge in [0.05, 0.1) is 0 Å².